The van der Waals surface area contributed by atoms with E-state index in [9.17, 15) is 9.59 Å². The third kappa shape index (κ3) is 3.66. The molecule has 0 aromatic heterocycles. The largest absolute Gasteiger partial charge is 0.444 e. The number of ether oxygens (including phenoxy) is 1. The van der Waals surface area contributed by atoms with Gasteiger partial charge in [-0.3, -0.25) is 0 Å². The van der Waals surface area contributed by atoms with Crippen molar-refractivity contribution in [3.05, 3.63) is 0 Å². The van der Waals surface area contributed by atoms with E-state index in [4.69, 9.17) is 4.74 Å². The number of carbonyl (C=O) groups is 1. The van der Waals surface area contributed by atoms with E-state index in [1.165, 1.54) is 6.08 Å². The van der Waals surface area contributed by atoms with E-state index in [1.807, 2.05) is 20.8 Å². The number of hydrogen-bond donors (Lipinski definition) is 0. The Kier molecular flexibility index (Phi) is 4.07. The lowest BCUT2D eigenvalue weighted by atomic mass is 10.2. The second-order valence-corrected chi connectivity index (χ2v) is 4.90. The van der Waals surface area contributed by atoms with E-state index >= 15 is 0 Å². The number of amides is 1. The molecule has 1 atom stereocenters. The Morgan fingerprint density at radius 2 is 2.25 bits per heavy atom. The summed E-state index contributed by atoms with van der Waals surface area (Å²) in [6.07, 6.45) is 2.97. The van der Waals surface area contributed by atoms with Crippen LogP contribution < -0.4 is 0 Å². The van der Waals surface area contributed by atoms with Gasteiger partial charge in [0, 0.05) is 6.54 Å². The Balaban J connectivity index is 2.57. The van der Waals surface area contributed by atoms with Crippen LogP contribution in [0.2, 0.25) is 0 Å². The molecule has 0 spiro atoms. The fourth-order valence-corrected chi connectivity index (χ4v) is 1.73. The van der Waals surface area contributed by atoms with E-state index in [0.717, 1.165) is 12.8 Å². The van der Waals surface area contributed by atoms with Gasteiger partial charge in [-0.25, -0.2) is 14.6 Å². The van der Waals surface area contributed by atoms with E-state index in [-0.39, 0.29) is 12.1 Å². The minimum absolute atomic E-state index is 0.0173. The minimum Gasteiger partial charge on any atom is -0.444 e. The van der Waals surface area contributed by atoms with Crippen molar-refractivity contribution in [3.63, 3.8) is 0 Å². The minimum atomic E-state index is -0.488. The molecule has 1 fully saturated rings. The number of rotatable bonds is 2. The fraction of sp³-hybridized carbons (Fsp3) is 0.818. The molecule has 0 aromatic rings. The van der Waals surface area contributed by atoms with Gasteiger partial charge in [-0.05, 0) is 33.6 Å². The van der Waals surface area contributed by atoms with Crippen molar-refractivity contribution in [2.24, 2.45) is 4.99 Å². The molecule has 5 heteroatoms. The standard InChI is InChI=1S/C11H18N2O3/c1-11(2,3)16-10(15)13-6-4-5-9(13)7-12-8-14/h9H,4-7H2,1-3H3. The molecular weight excluding hydrogens is 208 g/mol. The van der Waals surface area contributed by atoms with Gasteiger partial charge in [0.05, 0.1) is 12.6 Å². The molecule has 1 heterocycles. The molecule has 0 bridgehead atoms. The predicted octanol–water partition coefficient (Wildman–Crippen LogP) is 1.72. The third-order valence-electron chi connectivity index (χ3n) is 2.37. The molecular formula is C11H18N2O3. The van der Waals surface area contributed by atoms with Crippen molar-refractivity contribution >= 4 is 12.2 Å². The number of isocyanates is 1. The smallest absolute Gasteiger partial charge is 0.410 e. The van der Waals surface area contributed by atoms with Crippen molar-refractivity contribution in [2.75, 3.05) is 13.1 Å². The number of carbonyl (C=O) groups excluding carboxylic acids is 2. The van der Waals surface area contributed by atoms with Crippen LogP contribution in [0, 0.1) is 0 Å². The van der Waals surface area contributed by atoms with E-state index in [2.05, 4.69) is 4.99 Å². The van der Waals surface area contributed by atoms with E-state index in [0.29, 0.717) is 13.1 Å². The van der Waals surface area contributed by atoms with Crippen LogP contribution in [-0.2, 0) is 9.53 Å². The van der Waals surface area contributed by atoms with Gasteiger partial charge in [-0.1, -0.05) is 0 Å². The maximum atomic E-state index is 11.8. The molecule has 0 radical (unpaired) electrons. The lowest BCUT2D eigenvalue weighted by Crippen LogP contribution is -2.41. The summed E-state index contributed by atoms with van der Waals surface area (Å²) in [6, 6.07) is -0.0173. The van der Waals surface area contributed by atoms with Crippen molar-refractivity contribution < 1.29 is 14.3 Å². The van der Waals surface area contributed by atoms with Crippen LogP contribution >= 0.6 is 0 Å². The highest BCUT2D eigenvalue weighted by molar-refractivity contribution is 5.69. The highest BCUT2D eigenvalue weighted by Gasteiger charge is 2.31. The van der Waals surface area contributed by atoms with Gasteiger partial charge in [-0.15, -0.1) is 0 Å². The first-order chi connectivity index (χ1) is 7.44. The first-order valence-electron chi connectivity index (χ1n) is 5.47. The highest BCUT2D eigenvalue weighted by atomic mass is 16.6. The molecule has 0 aromatic carbocycles. The zero-order valence-corrected chi connectivity index (χ0v) is 10.0. The molecule has 16 heavy (non-hydrogen) atoms. The topological polar surface area (TPSA) is 59.0 Å². The van der Waals surface area contributed by atoms with Crippen LogP contribution in [-0.4, -0.2) is 41.8 Å². The van der Waals surface area contributed by atoms with Gasteiger partial charge in [0.2, 0.25) is 6.08 Å². The van der Waals surface area contributed by atoms with Gasteiger partial charge in [0.1, 0.15) is 5.60 Å². The number of hydrogen-bond acceptors (Lipinski definition) is 4. The summed E-state index contributed by atoms with van der Waals surface area (Å²) >= 11 is 0. The van der Waals surface area contributed by atoms with Crippen molar-refractivity contribution in [2.45, 2.75) is 45.3 Å². The monoisotopic (exact) mass is 226 g/mol. The molecule has 1 saturated heterocycles. The van der Waals surface area contributed by atoms with Gasteiger partial charge >= 0.3 is 6.09 Å². The third-order valence-corrected chi connectivity index (χ3v) is 2.37. The number of nitrogens with zero attached hydrogens (tertiary/aromatic N) is 2. The molecule has 0 aliphatic carbocycles. The Morgan fingerprint density at radius 3 is 2.81 bits per heavy atom. The summed E-state index contributed by atoms with van der Waals surface area (Å²) in [5.41, 5.74) is -0.488. The summed E-state index contributed by atoms with van der Waals surface area (Å²) < 4.78 is 5.28. The molecule has 90 valence electrons. The molecule has 1 aliphatic rings. The van der Waals surface area contributed by atoms with Crippen LogP contribution in [0.25, 0.3) is 0 Å². The average Bonchev–Trinajstić information content (AvgIpc) is 2.59. The highest BCUT2D eigenvalue weighted by Crippen LogP contribution is 2.20. The zero-order chi connectivity index (χ0) is 12.2. The second kappa shape index (κ2) is 5.12. The maximum Gasteiger partial charge on any atom is 0.410 e. The normalized spacial score (nSPS) is 20.4. The Morgan fingerprint density at radius 1 is 1.56 bits per heavy atom. The summed E-state index contributed by atoms with van der Waals surface area (Å²) in [5.74, 6) is 0. The lowest BCUT2D eigenvalue weighted by molar-refractivity contribution is 0.0232. The van der Waals surface area contributed by atoms with Crippen LogP contribution in [0.15, 0.2) is 4.99 Å². The number of aliphatic imine (C=N–C) groups is 1. The molecule has 5 nitrogen and oxygen atoms in total. The second-order valence-electron chi connectivity index (χ2n) is 4.90. The summed E-state index contributed by atoms with van der Waals surface area (Å²) in [5, 5.41) is 0. The zero-order valence-electron chi connectivity index (χ0n) is 10.0. The summed E-state index contributed by atoms with van der Waals surface area (Å²) in [4.78, 5) is 27.0. The van der Waals surface area contributed by atoms with Gasteiger partial charge in [0.25, 0.3) is 0 Å². The number of likely N-dealkylation sites (tertiary alicyclic amines) is 1. The summed E-state index contributed by atoms with van der Waals surface area (Å²) in [7, 11) is 0. The molecule has 0 N–H and O–H groups in total. The van der Waals surface area contributed by atoms with Crippen molar-refractivity contribution in [1.82, 2.24) is 4.90 Å². The molecule has 1 rings (SSSR count). The maximum absolute atomic E-state index is 11.8. The van der Waals surface area contributed by atoms with Crippen LogP contribution in [0.5, 0.6) is 0 Å². The Labute approximate surface area is 95.5 Å². The van der Waals surface area contributed by atoms with Crippen molar-refractivity contribution in [3.8, 4) is 0 Å². The van der Waals surface area contributed by atoms with Crippen LogP contribution in [0.1, 0.15) is 33.6 Å². The van der Waals surface area contributed by atoms with E-state index in [1.54, 1.807) is 4.90 Å². The van der Waals surface area contributed by atoms with Crippen molar-refractivity contribution in [1.29, 1.82) is 0 Å². The fourth-order valence-electron chi connectivity index (χ4n) is 1.73. The summed E-state index contributed by atoms with van der Waals surface area (Å²) in [6.45, 7) is 6.50. The molecule has 1 amide bonds. The Bertz CT molecular complexity index is 303. The quantitative estimate of drug-likeness (QED) is 0.532. The Hall–Kier alpha value is -1.35. The first-order valence-corrected chi connectivity index (χ1v) is 5.47. The molecule has 1 aliphatic heterocycles. The van der Waals surface area contributed by atoms with Crippen LogP contribution in [0.4, 0.5) is 4.79 Å². The first kappa shape index (κ1) is 12.7. The lowest BCUT2D eigenvalue weighted by Gasteiger charge is -2.27. The molecule has 1 unspecified atom stereocenters. The van der Waals surface area contributed by atoms with Gasteiger partial charge < -0.3 is 9.64 Å². The average molecular weight is 226 g/mol. The van der Waals surface area contributed by atoms with E-state index < -0.39 is 5.60 Å². The predicted molar refractivity (Wildman–Crippen MR) is 59.0 cm³/mol. The SMILES string of the molecule is CC(C)(C)OC(=O)N1CCCC1CN=C=O. The van der Waals surface area contributed by atoms with Gasteiger partial charge in [0.15, 0.2) is 0 Å². The van der Waals surface area contributed by atoms with Gasteiger partial charge in [-0.2, -0.15) is 0 Å². The molecule has 0 saturated carbocycles. The van der Waals surface area contributed by atoms with Crippen LogP contribution in [0.3, 0.4) is 0 Å².